The highest BCUT2D eigenvalue weighted by atomic mass is 32.2. The van der Waals surface area contributed by atoms with E-state index in [0.29, 0.717) is 35.9 Å². The third-order valence-corrected chi connectivity index (χ3v) is 5.21. The summed E-state index contributed by atoms with van der Waals surface area (Å²) in [5, 5.41) is 0.762. The molecule has 0 unspecified atom stereocenters. The predicted molar refractivity (Wildman–Crippen MR) is 105 cm³/mol. The minimum atomic E-state index is -0.463. The largest absolute Gasteiger partial charge is 0.486 e. The zero-order valence-electron chi connectivity index (χ0n) is 15.2. The molecule has 3 aromatic rings. The van der Waals surface area contributed by atoms with E-state index >= 15 is 0 Å². The molecule has 0 bridgehead atoms. The molecule has 0 amide bonds. The van der Waals surface area contributed by atoms with Gasteiger partial charge in [0.2, 0.25) is 0 Å². The van der Waals surface area contributed by atoms with Gasteiger partial charge in [0.05, 0.1) is 5.75 Å². The molecule has 0 spiro atoms. The monoisotopic (exact) mass is 398 g/mol. The van der Waals surface area contributed by atoms with Crippen LogP contribution in [0.5, 0.6) is 11.5 Å². The van der Waals surface area contributed by atoms with Crippen molar-refractivity contribution in [1.82, 2.24) is 0 Å². The highest BCUT2D eigenvalue weighted by molar-refractivity contribution is 8.00. The molecule has 0 fully saturated rings. The Labute approximate surface area is 165 Å². The SMILES string of the molecule is Cc1ccc2c(COC(=O)CSc3ccc4c(c3)OCCO4)cc(=O)oc2c1. The molecule has 28 heavy (non-hydrogen) atoms. The van der Waals surface area contributed by atoms with Crippen LogP contribution in [0.15, 0.2) is 56.6 Å². The maximum atomic E-state index is 12.2. The fourth-order valence-corrected chi connectivity index (χ4v) is 3.63. The smallest absolute Gasteiger partial charge is 0.336 e. The molecule has 2 heterocycles. The number of thioether (sulfide) groups is 1. The van der Waals surface area contributed by atoms with Gasteiger partial charge in [-0.15, -0.1) is 11.8 Å². The number of fused-ring (bicyclic) bond motifs is 2. The molecule has 0 saturated carbocycles. The number of carbonyl (C=O) groups is 1. The number of carbonyl (C=O) groups excluding carboxylic acids is 1. The van der Waals surface area contributed by atoms with Crippen molar-refractivity contribution in [2.45, 2.75) is 18.4 Å². The molecule has 0 saturated heterocycles. The fourth-order valence-electron chi connectivity index (χ4n) is 2.91. The summed E-state index contributed by atoms with van der Waals surface area (Å²) in [5.74, 6) is 1.18. The molecule has 1 aliphatic heterocycles. The molecule has 0 atom stereocenters. The second-order valence-corrected chi connectivity index (χ2v) is 7.39. The van der Waals surface area contributed by atoms with Gasteiger partial charge in [0.1, 0.15) is 25.4 Å². The molecule has 0 radical (unpaired) electrons. The van der Waals surface area contributed by atoms with Gasteiger partial charge in [0.15, 0.2) is 11.5 Å². The van der Waals surface area contributed by atoms with E-state index in [9.17, 15) is 9.59 Å². The number of esters is 1. The number of hydrogen-bond acceptors (Lipinski definition) is 7. The summed E-state index contributed by atoms with van der Waals surface area (Å²) in [7, 11) is 0. The van der Waals surface area contributed by atoms with Crippen LogP contribution in [-0.2, 0) is 16.1 Å². The first kappa shape index (κ1) is 18.4. The minimum Gasteiger partial charge on any atom is -0.486 e. The van der Waals surface area contributed by atoms with Gasteiger partial charge < -0.3 is 18.6 Å². The second-order valence-electron chi connectivity index (χ2n) is 6.35. The highest BCUT2D eigenvalue weighted by Crippen LogP contribution is 2.34. The predicted octanol–water partition coefficient (Wildman–Crippen LogP) is 3.71. The van der Waals surface area contributed by atoms with Crippen LogP contribution < -0.4 is 15.1 Å². The molecule has 144 valence electrons. The van der Waals surface area contributed by atoms with Crippen molar-refractivity contribution in [2.75, 3.05) is 19.0 Å². The Bertz CT molecular complexity index is 1090. The van der Waals surface area contributed by atoms with Gasteiger partial charge in [0.25, 0.3) is 0 Å². The van der Waals surface area contributed by atoms with Crippen molar-refractivity contribution in [3.8, 4) is 11.5 Å². The summed E-state index contributed by atoms with van der Waals surface area (Å²) in [6, 6.07) is 12.5. The van der Waals surface area contributed by atoms with Crippen molar-refractivity contribution in [1.29, 1.82) is 0 Å². The lowest BCUT2D eigenvalue weighted by atomic mass is 10.1. The Morgan fingerprint density at radius 2 is 1.89 bits per heavy atom. The van der Waals surface area contributed by atoms with Gasteiger partial charge in [-0.05, 0) is 36.8 Å². The Hall–Kier alpha value is -2.93. The van der Waals surface area contributed by atoms with Crippen molar-refractivity contribution in [3.63, 3.8) is 0 Å². The number of hydrogen-bond donors (Lipinski definition) is 0. The van der Waals surface area contributed by atoms with Crippen LogP contribution in [0.25, 0.3) is 11.0 Å². The van der Waals surface area contributed by atoms with Gasteiger partial charge >= 0.3 is 11.6 Å². The molecular formula is C21H18O6S. The van der Waals surface area contributed by atoms with Gasteiger partial charge in [-0.1, -0.05) is 12.1 Å². The van der Waals surface area contributed by atoms with E-state index in [1.54, 1.807) is 6.07 Å². The van der Waals surface area contributed by atoms with Gasteiger partial charge in [0, 0.05) is 21.9 Å². The molecule has 1 aromatic heterocycles. The lowest BCUT2D eigenvalue weighted by molar-refractivity contribution is -0.141. The maximum Gasteiger partial charge on any atom is 0.336 e. The Morgan fingerprint density at radius 3 is 2.75 bits per heavy atom. The van der Waals surface area contributed by atoms with Crippen molar-refractivity contribution in [3.05, 3.63) is 64.0 Å². The van der Waals surface area contributed by atoms with Crippen molar-refractivity contribution in [2.24, 2.45) is 0 Å². The van der Waals surface area contributed by atoms with Crippen LogP contribution in [0, 0.1) is 6.92 Å². The lowest BCUT2D eigenvalue weighted by Gasteiger charge is -2.18. The molecular weight excluding hydrogens is 380 g/mol. The number of rotatable bonds is 5. The third-order valence-electron chi connectivity index (χ3n) is 4.24. The molecule has 7 heteroatoms. The average molecular weight is 398 g/mol. The summed E-state index contributed by atoms with van der Waals surface area (Å²) in [6.07, 6.45) is 0. The molecule has 0 N–H and O–H groups in total. The van der Waals surface area contributed by atoms with Crippen LogP contribution in [0.3, 0.4) is 0 Å². The summed E-state index contributed by atoms with van der Waals surface area (Å²) in [6.45, 7) is 2.99. The molecule has 6 nitrogen and oxygen atoms in total. The van der Waals surface area contributed by atoms with Crippen LogP contribution in [0.1, 0.15) is 11.1 Å². The maximum absolute atomic E-state index is 12.2. The zero-order chi connectivity index (χ0) is 19.5. The van der Waals surface area contributed by atoms with Crippen molar-refractivity contribution >= 4 is 28.7 Å². The summed E-state index contributed by atoms with van der Waals surface area (Å²) < 4.78 is 21.6. The summed E-state index contributed by atoms with van der Waals surface area (Å²) in [4.78, 5) is 24.8. The first-order chi connectivity index (χ1) is 13.6. The topological polar surface area (TPSA) is 75.0 Å². The van der Waals surface area contributed by atoms with Gasteiger partial charge in [-0.3, -0.25) is 4.79 Å². The van der Waals surface area contributed by atoms with E-state index in [1.807, 2.05) is 37.3 Å². The molecule has 0 aliphatic carbocycles. The van der Waals surface area contributed by atoms with E-state index in [1.165, 1.54) is 17.8 Å². The average Bonchev–Trinajstić information content (AvgIpc) is 2.69. The summed E-state index contributed by atoms with van der Waals surface area (Å²) in [5.41, 5.74) is 1.64. The number of ether oxygens (including phenoxy) is 3. The molecule has 2 aromatic carbocycles. The highest BCUT2D eigenvalue weighted by Gasteiger charge is 2.13. The van der Waals surface area contributed by atoms with Gasteiger partial charge in [-0.25, -0.2) is 4.79 Å². The van der Waals surface area contributed by atoms with Gasteiger partial charge in [-0.2, -0.15) is 0 Å². The molecule has 1 aliphatic rings. The third kappa shape index (κ3) is 4.14. The van der Waals surface area contributed by atoms with E-state index in [-0.39, 0.29) is 18.3 Å². The van der Waals surface area contributed by atoms with Crippen LogP contribution >= 0.6 is 11.8 Å². The zero-order valence-corrected chi connectivity index (χ0v) is 16.0. The second kappa shape index (κ2) is 7.98. The lowest BCUT2D eigenvalue weighted by Crippen LogP contribution is -2.15. The Balaban J connectivity index is 1.38. The van der Waals surface area contributed by atoms with E-state index in [4.69, 9.17) is 18.6 Å². The Morgan fingerprint density at radius 1 is 1.07 bits per heavy atom. The first-order valence-electron chi connectivity index (χ1n) is 8.80. The standard InChI is InChI=1S/C21H18O6S/c1-13-2-4-16-14(9-20(22)27-18(16)8-13)11-26-21(23)12-28-15-3-5-17-19(10-15)25-7-6-24-17/h2-5,8-10H,6-7,11-12H2,1H3. The molecule has 4 rings (SSSR count). The first-order valence-corrected chi connectivity index (χ1v) is 9.78. The van der Waals surface area contributed by atoms with E-state index in [2.05, 4.69) is 0 Å². The van der Waals surface area contributed by atoms with Crippen molar-refractivity contribution < 1.29 is 23.4 Å². The fraction of sp³-hybridized carbons (Fsp3) is 0.238. The number of aryl methyl sites for hydroxylation is 1. The minimum absolute atomic E-state index is 0.0195. The van der Waals surface area contributed by atoms with Crippen LogP contribution in [0.4, 0.5) is 0 Å². The summed E-state index contributed by atoms with van der Waals surface area (Å²) >= 11 is 1.35. The van der Waals surface area contributed by atoms with Crippen LogP contribution in [0.2, 0.25) is 0 Å². The van der Waals surface area contributed by atoms with E-state index in [0.717, 1.165) is 15.8 Å². The quantitative estimate of drug-likeness (QED) is 0.368. The normalized spacial score (nSPS) is 12.8. The number of benzene rings is 2. The van der Waals surface area contributed by atoms with E-state index < -0.39 is 5.63 Å². The van der Waals surface area contributed by atoms with Crippen LogP contribution in [-0.4, -0.2) is 24.9 Å². The Kier molecular flexibility index (Phi) is 5.25.